The van der Waals surface area contributed by atoms with Crippen LogP contribution in [-0.2, 0) is 19.1 Å². The van der Waals surface area contributed by atoms with Gasteiger partial charge in [0.15, 0.2) is 6.10 Å². The SMILES string of the molecule is CC/C=C\C/C=C\C/C=C\C/C=C\CCCCCCCCCCCCCCCCCCC(=O)OC(CO)COC(=O)CCCCCCC/C=C\C/C=C\CCC. The molecule has 5 heteroatoms. The van der Waals surface area contributed by atoms with Gasteiger partial charge in [0, 0.05) is 12.8 Å². The molecule has 0 radical (unpaired) electrons. The molecule has 0 spiro atoms. The predicted molar refractivity (Wildman–Crippen MR) is 242 cm³/mol. The fourth-order valence-corrected chi connectivity index (χ4v) is 6.47. The van der Waals surface area contributed by atoms with Crippen molar-refractivity contribution in [1.82, 2.24) is 0 Å². The number of aliphatic hydroxyl groups is 1. The van der Waals surface area contributed by atoms with Crippen molar-refractivity contribution in [2.24, 2.45) is 0 Å². The van der Waals surface area contributed by atoms with Gasteiger partial charge >= 0.3 is 11.9 Å². The normalized spacial score (nSPS) is 12.8. The van der Waals surface area contributed by atoms with Gasteiger partial charge in [-0.15, -0.1) is 0 Å². The van der Waals surface area contributed by atoms with E-state index in [2.05, 4.69) is 86.8 Å². The van der Waals surface area contributed by atoms with Gasteiger partial charge < -0.3 is 14.6 Å². The van der Waals surface area contributed by atoms with E-state index in [1.807, 2.05) is 0 Å². The number of hydrogen-bond donors (Lipinski definition) is 1. The van der Waals surface area contributed by atoms with Gasteiger partial charge in [-0.3, -0.25) is 9.59 Å². The molecule has 0 saturated heterocycles. The molecule has 1 N–H and O–H groups in total. The Labute approximate surface area is 346 Å². The quantitative estimate of drug-likeness (QED) is 0.0379. The molecule has 0 heterocycles. The molecular formula is C51H88O5. The Morgan fingerprint density at radius 3 is 1.16 bits per heavy atom. The number of ether oxygens (including phenoxy) is 2. The van der Waals surface area contributed by atoms with Gasteiger partial charge in [0.1, 0.15) is 6.61 Å². The number of rotatable bonds is 42. The van der Waals surface area contributed by atoms with Crippen molar-refractivity contribution in [1.29, 1.82) is 0 Å². The van der Waals surface area contributed by atoms with E-state index in [0.29, 0.717) is 12.8 Å². The van der Waals surface area contributed by atoms with Crippen LogP contribution in [0.2, 0.25) is 0 Å². The maximum Gasteiger partial charge on any atom is 0.306 e. The fourth-order valence-electron chi connectivity index (χ4n) is 6.47. The van der Waals surface area contributed by atoms with Gasteiger partial charge in [0.25, 0.3) is 0 Å². The topological polar surface area (TPSA) is 72.8 Å². The van der Waals surface area contributed by atoms with Crippen LogP contribution in [-0.4, -0.2) is 36.4 Å². The predicted octanol–water partition coefficient (Wildman–Crippen LogP) is 15.3. The summed E-state index contributed by atoms with van der Waals surface area (Å²) in [6.45, 7) is 3.95. The summed E-state index contributed by atoms with van der Waals surface area (Å²) >= 11 is 0. The van der Waals surface area contributed by atoms with Crippen molar-refractivity contribution in [3.63, 3.8) is 0 Å². The summed E-state index contributed by atoms with van der Waals surface area (Å²) in [6.07, 6.45) is 62.8. The number of carbonyl (C=O) groups is 2. The van der Waals surface area contributed by atoms with Crippen LogP contribution in [0, 0.1) is 0 Å². The van der Waals surface area contributed by atoms with Crippen LogP contribution in [0.25, 0.3) is 0 Å². The number of hydrogen-bond acceptors (Lipinski definition) is 5. The smallest absolute Gasteiger partial charge is 0.306 e. The molecule has 0 bridgehead atoms. The van der Waals surface area contributed by atoms with Crippen molar-refractivity contribution < 1.29 is 24.2 Å². The monoisotopic (exact) mass is 781 g/mol. The Morgan fingerprint density at radius 1 is 0.429 bits per heavy atom. The van der Waals surface area contributed by atoms with Gasteiger partial charge in [0.2, 0.25) is 0 Å². The second-order valence-corrected chi connectivity index (χ2v) is 15.4. The molecule has 1 atom stereocenters. The van der Waals surface area contributed by atoms with Gasteiger partial charge in [-0.1, -0.05) is 202 Å². The fraction of sp³-hybridized carbons (Fsp3) is 0.725. The zero-order valence-electron chi connectivity index (χ0n) is 36.6. The summed E-state index contributed by atoms with van der Waals surface area (Å²) in [4.78, 5) is 24.3. The van der Waals surface area contributed by atoms with E-state index in [1.165, 1.54) is 109 Å². The van der Waals surface area contributed by atoms with E-state index in [0.717, 1.165) is 83.5 Å². The molecule has 0 rings (SSSR count). The number of allylic oxidation sites excluding steroid dienone is 12. The lowest BCUT2D eigenvalue weighted by Gasteiger charge is -2.15. The molecule has 0 fully saturated rings. The summed E-state index contributed by atoms with van der Waals surface area (Å²) in [6, 6.07) is 0. The highest BCUT2D eigenvalue weighted by molar-refractivity contribution is 5.70. The van der Waals surface area contributed by atoms with Crippen LogP contribution in [0.5, 0.6) is 0 Å². The van der Waals surface area contributed by atoms with Crippen LogP contribution in [0.3, 0.4) is 0 Å². The highest BCUT2D eigenvalue weighted by atomic mass is 16.6. The summed E-state index contributed by atoms with van der Waals surface area (Å²) in [7, 11) is 0. The summed E-state index contributed by atoms with van der Waals surface area (Å²) in [5.41, 5.74) is 0. The van der Waals surface area contributed by atoms with Gasteiger partial charge in [-0.05, 0) is 77.0 Å². The maximum atomic E-state index is 12.2. The molecular weight excluding hydrogens is 693 g/mol. The summed E-state index contributed by atoms with van der Waals surface area (Å²) < 4.78 is 10.6. The minimum absolute atomic E-state index is 0.0742. The first-order valence-corrected chi connectivity index (χ1v) is 23.5. The molecule has 0 aliphatic heterocycles. The Kier molecular flexibility index (Phi) is 44.5. The molecule has 0 aromatic heterocycles. The second kappa shape index (κ2) is 46.7. The third-order valence-corrected chi connectivity index (χ3v) is 9.97. The third-order valence-electron chi connectivity index (χ3n) is 9.97. The largest absolute Gasteiger partial charge is 0.462 e. The zero-order chi connectivity index (χ0) is 40.7. The number of esters is 2. The molecule has 322 valence electrons. The lowest BCUT2D eigenvalue weighted by Crippen LogP contribution is -2.28. The highest BCUT2D eigenvalue weighted by Gasteiger charge is 2.16. The average Bonchev–Trinajstić information content (AvgIpc) is 3.20. The van der Waals surface area contributed by atoms with Crippen molar-refractivity contribution in [2.75, 3.05) is 13.2 Å². The van der Waals surface area contributed by atoms with E-state index in [1.54, 1.807) is 0 Å². The minimum Gasteiger partial charge on any atom is -0.462 e. The first-order valence-electron chi connectivity index (χ1n) is 23.5. The van der Waals surface area contributed by atoms with Crippen LogP contribution in [0.1, 0.15) is 219 Å². The van der Waals surface area contributed by atoms with Crippen LogP contribution < -0.4 is 0 Å². The van der Waals surface area contributed by atoms with Crippen LogP contribution in [0.4, 0.5) is 0 Å². The lowest BCUT2D eigenvalue weighted by molar-refractivity contribution is -0.161. The van der Waals surface area contributed by atoms with Gasteiger partial charge in [-0.2, -0.15) is 0 Å². The number of aliphatic hydroxyl groups excluding tert-OH is 1. The van der Waals surface area contributed by atoms with Crippen molar-refractivity contribution in [2.45, 2.75) is 225 Å². The van der Waals surface area contributed by atoms with E-state index in [9.17, 15) is 14.7 Å². The standard InChI is InChI=1S/C51H88O5/c1-3-5-7-9-11-13-15-17-18-19-20-21-22-23-24-25-26-27-28-29-30-31-32-34-36-38-40-42-44-46-51(54)56-49(47-52)48-55-50(53)45-43-41-39-37-35-33-16-14-12-10-8-6-4-2/h5,7-8,10-11,13-14,16-18,20-21,49,52H,3-4,6,9,12,15,19,22-48H2,1-2H3/b7-5-,10-8-,13-11-,16-14-,18-17-,21-20-. The second-order valence-electron chi connectivity index (χ2n) is 15.4. The molecule has 0 aromatic carbocycles. The summed E-state index contributed by atoms with van der Waals surface area (Å²) in [5, 5.41) is 9.59. The molecule has 0 aliphatic carbocycles. The first-order chi connectivity index (χ1) is 27.6. The Balaban J connectivity index is 3.48. The molecule has 1 unspecified atom stereocenters. The van der Waals surface area contributed by atoms with Crippen LogP contribution in [0.15, 0.2) is 72.9 Å². The van der Waals surface area contributed by atoms with Gasteiger partial charge in [0.05, 0.1) is 6.61 Å². The third kappa shape index (κ3) is 44.1. The lowest BCUT2D eigenvalue weighted by atomic mass is 10.0. The molecule has 0 aromatic rings. The Hall–Kier alpha value is -2.66. The van der Waals surface area contributed by atoms with Crippen molar-refractivity contribution >= 4 is 11.9 Å². The van der Waals surface area contributed by atoms with Crippen molar-refractivity contribution in [3.05, 3.63) is 72.9 Å². The zero-order valence-corrected chi connectivity index (χ0v) is 36.6. The Bertz CT molecular complexity index is 1020. The average molecular weight is 781 g/mol. The molecule has 0 amide bonds. The van der Waals surface area contributed by atoms with E-state index >= 15 is 0 Å². The number of unbranched alkanes of at least 4 members (excludes halogenated alkanes) is 22. The van der Waals surface area contributed by atoms with E-state index in [-0.39, 0.29) is 25.2 Å². The Morgan fingerprint density at radius 2 is 0.768 bits per heavy atom. The van der Waals surface area contributed by atoms with Crippen LogP contribution >= 0.6 is 0 Å². The minimum atomic E-state index is -0.779. The van der Waals surface area contributed by atoms with Gasteiger partial charge in [-0.25, -0.2) is 0 Å². The highest BCUT2D eigenvalue weighted by Crippen LogP contribution is 2.15. The molecule has 56 heavy (non-hydrogen) atoms. The van der Waals surface area contributed by atoms with Crippen molar-refractivity contribution in [3.8, 4) is 0 Å². The molecule has 0 aliphatic rings. The van der Waals surface area contributed by atoms with E-state index < -0.39 is 6.10 Å². The van der Waals surface area contributed by atoms with E-state index in [4.69, 9.17) is 9.47 Å². The summed E-state index contributed by atoms with van der Waals surface area (Å²) in [5.74, 6) is -0.606. The first kappa shape index (κ1) is 53.3. The molecule has 5 nitrogen and oxygen atoms in total. The number of carbonyl (C=O) groups excluding carboxylic acids is 2. The maximum absolute atomic E-state index is 12.2. The molecule has 0 saturated carbocycles.